The second kappa shape index (κ2) is 5.80. The van der Waals surface area contributed by atoms with Gasteiger partial charge in [0.05, 0.1) is 5.69 Å². The van der Waals surface area contributed by atoms with Gasteiger partial charge >= 0.3 is 0 Å². The maximum atomic E-state index is 5.88. The molecule has 0 saturated heterocycles. The fourth-order valence-electron chi connectivity index (χ4n) is 2.89. The van der Waals surface area contributed by atoms with Crippen LogP contribution in [0.3, 0.4) is 0 Å². The monoisotopic (exact) mass is 281 g/mol. The molecule has 1 saturated carbocycles. The van der Waals surface area contributed by atoms with E-state index in [0.717, 1.165) is 17.6 Å². The molecular weight excluding hydrogens is 254 g/mol. The number of nitrogens with zero attached hydrogens (tertiary/aromatic N) is 2. The Balaban J connectivity index is 2.13. The highest BCUT2D eigenvalue weighted by Gasteiger charge is 2.25. The highest BCUT2D eigenvalue weighted by atomic mass is 32.1. The molecule has 1 aromatic heterocycles. The van der Waals surface area contributed by atoms with Gasteiger partial charge in [-0.2, -0.15) is 0 Å². The molecule has 0 amide bonds. The first-order chi connectivity index (χ1) is 8.91. The van der Waals surface area contributed by atoms with Crippen molar-refractivity contribution >= 4 is 16.5 Å². The van der Waals surface area contributed by atoms with E-state index >= 15 is 0 Å². The van der Waals surface area contributed by atoms with Crippen molar-refractivity contribution in [1.29, 1.82) is 0 Å². The maximum Gasteiger partial charge on any atom is 0.185 e. The molecule has 4 heteroatoms. The Hall–Kier alpha value is -0.610. The number of thiazole rings is 1. The van der Waals surface area contributed by atoms with E-state index in [9.17, 15) is 0 Å². The standard InChI is InChI=1S/C15H27N3S/c1-15(2,3)13-12(9-16)19-14(17-13)18(4)10-11-7-5-6-8-11/h11H,5-10,16H2,1-4H3. The van der Waals surface area contributed by atoms with Crippen molar-refractivity contribution in [2.75, 3.05) is 18.5 Å². The molecule has 1 heterocycles. The third-order valence-corrected chi connectivity index (χ3v) is 5.11. The van der Waals surface area contributed by atoms with E-state index in [1.54, 1.807) is 11.3 Å². The first-order valence-electron chi connectivity index (χ1n) is 7.33. The van der Waals surface area contributed by atoms with E-state index in [1.165, 1.54) is 36.3 Å². The number of hydrogen-bond donors (Lipinski definition) is 1. The van der Waals surface area contributed by atoms with Gasteiger partial charge in [0.2, 0.25) is 0 Å². The Bertz CT molecular complexity index is 414. The van der Waals surface area contributed by atoms with Crippen LogP contribution in [0.1, 0.15) is 57.0 Å². The second-order valence-corrected chi connectivity index (χ2v) is 7.82. The molecule has 0 atom stereocenters. The zero-order valence-corrected chi connectivity index (χ0v) is 13.5. The Morgan fingerprint density at radius 2 is 1.95 bits per heavy atom. The summed E-state index contributed by atoms with van der Waals surface area (Å²) in [6.07, 6.45) is 5.56. The van der Waals surface area contributed by atoms with E-state index < -0.39 is 0 Å². The first-order valence-corrected chi connectivity index (χ1v) is 8.15. The summed E-state index contributed by atoms with van der Waals surface area (Å²) >= 11 is 1.77. The van der Waals surface area contributed by atoms with Crippen molar-refractivity contribution in [1.82, 2.24) is 4.98 Å². The summed E-state index contributed by atoms with van der Waals surface area (Å²) in [6.45, 7) is 8.37. The molecule has 108 valence electrons. The largest absolute Gasteiger partial charge is 0.351 e. The zero-order valence-electron chi connectivity index (χ0n) is 12.7. The van der Waals surface area contributed by atoms with Gasteiger partial charge < -0.3 is 10.6 Å². The molecule has 19 heavy (non-hydrogen) atoms. The summed E-state index contributed by atoms with van der Waals surface area (Å²) < 4.78 is 0. The van der Waals surface area contributed by atoms with Crippen molar-refractivity contribution in [2.24, 2.45) is 11.7 Å². The minimum atomic E-state index is 0.0810. The lowest BCUT2D eigenvalue weighted by atomic mass is 9.91. The van der Waals surface area contributed by atoms with Crippen molar-refractivity contribution in [3.8, 4) is 0 Å². The van der Waals surface area contributed by atoms with Crippen LogP contribution >= 0.6 is 11.3 Å². The number of rotatable bonds is 4. The predicted molar refractivity (Wildman–Crippen MR) is 83.9 cm³/mol. The van der Waals surface area contributed by atoms with Crippen LogP contribution in [0.5, 0.6) is 0 Å². The first kappa shape index (κ1) is 14.8. The molecule has 1 aliphatic rings. The van der Waals surface area contributed by atoms with Crippen molar-refractivity contribution in [3.05, 3.63) is 10.6 Å². The van der Waals surface area contributed by atoms with Gasteiger partial charge in [-0.1, -0.05) is 33.6 Å². The molecule has 1 aromatic rings. The molecule has 0 radical (unpaired) electrons. The van der Waals surface area contributed by atoms with Crippen LogP contribution < -0.4 is 10.6 Å². The van der Waals surface area contributed by atoms with Crippen molar-refractivity contribution in [3.63, 3.8) is 0 Å². The SMILES string of the molecule is CN(CC1CCCC1)c1nc(C(C)(C)C)c(CN)s1. The lowest BCUT2D eigenvalue weighted by Crippen LogP contribution is -2.24. The fourth-order valence-corrected chi connectivity index (χ4v) is 4.00. The lowest BCUT2D eigenvalue weighted by molar-refractivity contribution is 0.542. The van der Waals surface area contributed by atoms with Gasteiger partial charge in [-0.3, -0.25) is 0 Å². The molecule has 0 bridgehead atoms. The van der Waals surface area contributed by atoms with Crippen LogP contribution in [0.2, 0.25) is 0 Å². The molecular formula is C15H27N3S. The molecule has 1 aliphatic carbocycles. The van der Waals surface area contributed by atoms with Crippen LogP contribution in [-0.4, -0.2) is 18.6 Å². The van der Waals surface area contributed by atoms with Crippen molar-refractivity contribution < 1.29 is 0 Å². The highest BCUT2D eigenvalue weighted by molar-refractivity contribution is 7.15. The average molecular weight is 281 g/mol. The fraction of sp³-hybridized carbons (Fsp3) is 0.800. The Morgan fingerprint density at radius 1 is 1.32 bits per heavy atom. The Kier molecular flexibility index (Phi) is 4.51. The Labute approximate surface area is 121 Å². The van der Waals surface area contributed by atoms with E-state index in [-0.39, 0.29) is 5.41 Å². The van der Waals surface area contributed by atoms with Gasteiger partial charge in [0.25, 0.3) is 0 Å². The molecule has 0 aromatic carbocycles. The van der Waals surface area contributed by atoms with Crippen LogP contribution in [0.4, 0.5) is 5.13 Å². The minimum absolute atomic E-state index is 0.0810. The van der Waals surface area contributed by atoms with Crippen LogP contribution in [0.15, 0.2) is 0 Å². The summed E-state index contributed by atoms with van der Waals surface area (Å²) in [5.74, 6) is 0.855. The van der Waals surface area contributed by atoms with Gasteiger partial charge in [0, 0.05) is 30.4 Å². The smallest absolute Gasteiger partial charge is 0.185 e. The van der Waals surface area contributed by atoms with Gasteiger partial charge in [-0.05, 0) is 18.8 Å². The third kappa shape index (κ3) is 3.48. The molecule has 0 unspecified atom stereocenters. The number of nitrogens with two attached hydrogens (primary N) is 1. The number of anilines is 1. The molecule has 0 aliphatic heterocycles. The molecule has 2 N–H and O–H groups in total. The van der Waals surface area contributed by atoms with E-state index in [4.69, 9.17) is 10.7 Å². The highest BCUT2D eigenvalue weighted by Crippen LogP contribution is 2.34. The van der Waals surface area contributed by atoms with Crippen LogP contribution in [0.25, 0.3) is 0 Å². The van der Waals surface area contributed by atoms with Crippen LogP contribution in [-0.2, 0) is 12.0 Å². The quantitative estimate of drug-likeness (QED) is 0.918. The Morgan fingerprint density at radius 3 is 2.42 bits per heavy atom. The average Bonchev–Trinajstić information content (AvgIpc) is 2.95. The summed E-state index contributed by atoms with van der Waals surface area (Å²) in [5.41, 5.74) is 7.13. The van der Waals surface area contributed by atoms with Gasteiger partial charge in [-0.25, -0.2) is 4.98 Å². The van der Waals surface area contributed by atoms with E-state index in [0.29, 0.717) is 6.54 Å². The van der Waals surface area contributed by atoms with Crippen molar-refractivity contribution in [2.45, 2.75) is 58.4 Å². The van der Waals surface area contributed by atoms with Gasteiger partial charge in [0.1, 0.15) is 0 Å². The second-order valence-electron chi connectivity index (χ2n) is 6.75. The van der Waals surface area contributed by atoms with Crippen LogP contribution in [0, 0.1) is 5.92 Å². The van der Waals surface area contributed by atoms with E-state index in [1.807, 2.05) is 0 Å². The summed E-state index contributed by atoms with van der Waals surface area (Å²) in [7, 11) is 2.17. The molecule has 0 spiro atoms. The minimum Gasteiger partial charge on any atom is -0.351 e. The summed E-state index contributed by atoms with van der Waals surface area (Å²) in [5, 5.41) is 1.14. The predicted octanol–water partition coefficient (Wildman–Crippen LogP) is 3.53. The topological polar surface area (TPSA) is 42.2 Å². The number of aromatic nitrogens is 1. The molecule has 3 nitrogen and oxygen atoms in total. The number of hydrogen-bond acceptors (Lipinski definition) is 4. The lowest BCUT2D eigenvalue weighted by Gasteiger charge is -2.20. The zero-order chi connectivity index (χ0) is 14.0. The summed E-state index contributed by atoms with van der Waals surface area (Å²) in [6, 6.07) is 0. The summed E-state index contributed by atoms with van der Waals surface area (Å²) in [4.78, 5) is 8.42. The molecule has 1 fully saturated rings. The maximum absolute atomic E-state index is 5.88. The molecule has 2 rings (SSSR count). The normalized spacial score (nSPS) is 17.1. The van der Waals surface area contributed by atoms with Gasteiger partial charge in [-0.15, -0.1) is 11.3 Å². The third-order valence-electron chi connectivity index (χ3n) is 3.92. The van der Waals surface area contributed by atoms with Gasteiger partial charge in [0.15, 0.2) is 5.13 Å². The van der Waals surface area contributed by atoms with E-state index in [2.05, 4.69) is 32.7 Å².